The molecular formula is C15H20BrN3. The van der Waals surface area contributed by atoms with Crippen LogP contribution in [0.2, 0.25) is 0 Å². The summed E-state index contributed by atoms with van der Waals surface area (Å²) in [4.78, 5) is 0. The lowest BCUT2D eigenvalue weighted by Crippen LogP contribution is -2.15. The Bertz CT molecular complexity index is 560. The lowest BCUT2D eigenvalue weighted by atomic mass is 9.98. The number of rotatable bonds is 4. The van der Waals surface area contributed by atoms with E-state index in [1.54, 1.807) is 0 Å². The smallest absolute Gasteiger partial charge is 0.0643 e. The molecule has 3 nitrogen and oxygen atoms in total. The van der Waals surface area contributed by atoms with Gasteiger partial charge in [0.1, 0.15) is 0 Å². The normalized spacial score (nSPS) is 12.9. The zero-order valence-corrected chi connectivity index (χ0v) is 13.2. The molecule has 0 fully saturated rings. The Labute approximate surface area is 122 Å². The summed E-state index contributed by atoms with van der Waals surface area (Å²) in [6.45, 7) is 6.33. The Morgan fingerprint density at radius 3 is 2.68 bits per heavy atom. The van der Waals surface area contributed by atoms with Crippen LogP contribution < -0.4 is 5.73 Å². The molecule has 1 heterocycles. The summed E-state index contributed by atoms with van der Waals surface area (Å²) in [5, 5.41) is 4.55. The van der Waals surface area contributed by atoms with Crippen LogP contribution in [0.5, 0.6) is 0 Å². The molecule has 2 rings (SSSR count). The number of halogens is 1. The van der Waals surface area contributed by atoms with E-state index in [0.29, 0.717) is 6.04 Å². The van der Waals surface area contributed by atoms with Crippen LogP contribution in [0, 0.1) is 6.92 Å². The van der Waals surface area contributed by atoms with E-state index in [1.165, 1.54) is 11.1 Å². The third-order valence-electron chi connectivity index (χ3n) is 3.26. The summed E-state index contributed by atoms with van der Waals surface area (Å²) in [5.74, 6) is 0. The third kappa shape index (κ3) is 3.45. The first-order valence-electron chi connectivity index (χ1n) is 6.53. The predicted molar refractivity (Wildman–Crippen MR) is 82.1 cm³/mol. The molecule has 2 N–H and O–H groups in total. The van der Waals surface area contributed by atoms with E-state index in [-0.39, 0.29) is 6.04 Å². The second-order valence-electron chi connectivity index (χ2n) is 5.19. The number of aryl methyl sites for hydroxylation is 1. The largest absolute Gasteiger partial charge is 0.324 e. The van der Waals surface area contributed by atoms with Gasteiger partial charge in [-0.25, -0.2) is 0 Å². The third-order valence-corrected chi connectivity index (χ3v) is 3.76. The molecule has 0 saturated heterocycles. The standard InChI is InChI=1S/C15H20BrN3/c1-10(2)19-7-6-13(18-19)9-15(17)14-8-12(16)5-4-11(14)3/h4-8,10,15H,9,17H2,1-3H3. The molecule has 0 radical (unpaired) electrons. The van der Waals surface area contributed by atoms with Crippen molar-refractivity contribution in [3.63, 3.8) is 0 Å². The van der Waals surface area contributed by atoms with Crippen molar-refractivity contribution in [3.8, 4) is 0 Å². The molecule has 1 aromatic heterocycles. The maximum atomic E-state index is 6.31. The SMILES string of the molecule is Cc1ccc(Br)cc1C(N)Cc1ccn(C(C)C)n1. The number of hydrogen-bond acceptors (Lipinski definition) is 2. The molecule has 0 bridgehead atoms. The monoisotopic (exact) mass is 321 g/mol. The molecule has 4 heteroatoms. The van der Waals surface area contributed by atoms with Crippen LogP contribution in [0.25, 0.3) is 0 Å². The van der Waals surface area contributed by atoms with E-state index in [1.807, 2.05) is 23.0 Å². The van der Waals surface area contributed by atoms with Crippen molar-refractivity contribution in [2.75, 3.05) is 0 Å². The molecule has 2 aromatic rings. The lowest BCUT2D eigenvalue weighted by Gasteiger charge is -2.14. The van der Waals surface area contributed by atoms with Gasteiger partial charge in [0.15, 0.2) is 0 Å². The average Bonchev–Trinajstić information content (AvgIpc) is 2.80. The van der Waals surface area contributed by atoms with Gasteiger partial charge in [-0.05, 0) is 50.1 Å². The molecule has 0 aliphatic carbocycles. The average molecular weight is 322 g/mol. The molecule has 0 aliphatic heterocycles. The van der Waals surface area contributed by atoms with Crippen LogP contribution in [0.3, 0.4) is 0 Å². The molecule has 102 valence electrons. The molecule has 1 unspecified atom stereocenters. The van der Waals surface area contributed by atoms with Crippen molar-refractivity contribution >= 4 is 15.9 Å². The fraction of sp³-hybridized carbons (Fsp3) is 0.400. The Morgan fingerprint density at radius 2 is 2.05 bits per heavy atom. The number of hydrogen-bond donors (Lipinski definition) is 1. The number of nitrogens with two attached hydrogens (primary N) is 1. The van der Waals surface area contributed by atoms with Gasteiger partial charge in [-0.2, -0.15) is 5.10 Å². The Kier molecular flexibility index (Phi) is 4.42. The van der Waals surface area contributed by atoms with Crippen molar-refractivity contribution in [3.05, 3.63) is 51.8 Å². The van der Waals surface area contributed by atoms with Gasteiger partial charge in [0, 0.05) is 29.2 Å². The van der Waals surface area contributed by atoms with Crippen molar-refractivity contribution in [1.82, 2.24) is 9.78 Å². The second kappa shape index (κ2) is 5.88. The molecule has 1 aromatic carbocycles. The van der Waals surface area contributed by atoms with Crippen LogP contribution in [0.15, 0.2) is 34.9 Å². The summed E-state index contributed by atoms with van der Waals surface area (Å²) in [6, 6.07) is 8.64. The maximum absolute atomic E-state index is 6.31. The molecule has 0 saturated carbocycles. The Balaban J connectivity index is 2.15. The topological polar surface area (TPSA) is 43.8 Å². The van der Waals surface area contributed by atoms with Gasteiger partial charge in [0.25, 0.3) is 0 Å². The van der Waals surface area contributed by atoms with Crippen molar-refractivity contribution in [2.24, 2.45) is 5.73 Å². The number of benzene rings is 1. The van der Waals surface area contributed by atoms with E-state index in [9.17, 15) is 0 Å². The van der Waals surface area contributed by atoms with E-state index in [4.69, 9.17) is 5.73 Å². The summed E-state index contributed by atoms with van der Waals surface area (Å²) < 4.78 is 3.03. The molecule has 19 heavy (non-hydrogen) atoms. The van der Waals surface area contributed by atoms with Crippen LogP contribution in [0.4, 0.5) is 0 Å². The zero-order chi connectivity index (χ0) is 14.0. The van der Waals surface area contributed by atoms with Crippen molar-refractivity contribution in [2.45, 2.75) is 39.3 Å². The van der Waals surface area contributed by atoms with Gasteiger partial charge >= 0.3 is 0 Å². The van der Waals surface area contributed by atoms with Gasteiger partial charge in [0.2, 0.25) is 0 Å². The Morgan fingerprint density at radius 1 is 1.32 bits per heavy atom. The minimum absolute atomic E-state index is 0.0204. The van der Waals surface area contributed by atoms with E-state index in [0.717, 1.165) is 16.6 Å². The lowest BCUT2D eigenvalue weighted by molar-refractivity contribution is 0.522. The van der Waals surface area contributed by atoms with Crippen LogP contribution in [0.1, 0.15) is 42.8 Å². The highest BCUT2D eigenvalue weighted by Gasteiger charge is 2.12. The number of nitrogens with zero attached hydrogens (tertiary/aromatic N) is 2. The van der Waals surface area contributed by atoms with E-state index < -0.39 is 0 Å². The first-order chi connectivity index (χ1) is 8.97. The summed E-state index contributed by atoms with van der Waals surface area (Å²) in [6.07, 6.45) is 2.78. The highest BCUT2D eigenvalue weighted by molar-refractivity contribution is 9.10. The van der Waals surface area contributed by atoms with Crippen LogP contribution in [-0.4, -0.2) is 9.78 Å². The maximum Gasteiger partial charge on any atom is 0.0643 e. The quantitative estimate of drug-likeness (QED) is 0.931. The van der Waals surface area contributed by atoms with Crippen molar-refractivity contribution in [1.29, 1.82) is 0 Å². The molecule has 0 spiro atoms. The fourth-order valence-electron chi connectivity index (χ4n) is 2.12. The van der Waals surface area contributed by atoms with Gasteiger partial charge in [-0.15, -0.1) is 0 Å². The second-order valence-corrected chi connectivity index (χ2v) is 6.11. The Hall–Kier alpha value is -1.13. The van der Waals surface area contributed by atoms with E-state index in [2.05, 4.69) is 53.9 Å². The highest BCUT2D eigenvalue weighted by atomic mass is 79.9. The van der Waals surface area contributed by atoms with Crippen LogP contribution in [-0.2, 0) is 6.42 Å². The van der Waals surface area contributed by atoms with Gasteiger partial charge in [-0.1, -0.05) is 22.0 Å². The highest BCUT2D eigenvalue weighted by Crippen LogP contribution is 2.23. The van der Waals surface area contributed by atoms with Crippen molar-refractivity contribution < 1.29 is 0 Å². The summed E-state index contributed by atoms with van der Waals surface area (Å²) in [5.41, 5.74) is 9.75. The first kappa shape index (κ1) is 14.3. The van der Waals surface area contributed by atoms with Crippen LogP contribution >= 0.6 is 15.9 Å². The first-order valence-corrected chi connectivity index (χ1v) is 7.32. The fourth-order valence-corrected chi connectivity index (χ4v) is 2.50. The molecule has 0 amide bonds. The van der Waals surface area contributed by atoms with E-state index >= 15 is 0 Å². The molecule has 1 atom stereocenters. The summed E-state index contributed by atoms with van der Waals surface area (Å²) in [7, 11) is 0. The number of aromatic nitrogens is 2. The summed E-state index contributed by atoms with van der Waals surface area (Å²) >= 11 is 3.50. The molecular weight excluding hydrogens is 302 g/mol. The van der Waals surface area contributed by atoms with Gasteiger partial charge in [-0.3, -0.25) is 4.68 Å². The molecule has 0 aliphatic rings. The van der Waals surface area contributed by atoms with Gasteiger partial charge in [0.05, 0.1) is 5.69 Å². The zero-order valence-electron chi connectivity index (χ0n) is 11.6. The van der Waals surface area contributed by atoms with Gasteiger partial charge < -0.3 is 5.73 Å². The minimum atomic E-state index is -0.0204. The predicted octanol–water partition coefficient (Wildman–Crippen LogP) is 3.78. The minimum Gasteiger partial charge on any atom is -0.324 e.